The molecule has 0 saturated carbocycles. The van der Waals surface area contributed by atoms with Crippen LogP contribution in [0.1, 0.15) is 37.6 Å². The number of carbonyl (C=O) groups excluding carboxylic acids is 2. The predicted octanol–water partition coefficient (Wildman–Crippen LogP) is 2.76. The van der Waals surface area contributed by atoms with Crippen LogP contribution in [0.4, 0.5) is 10.5 Å². The van der Waals surface area contributed by atoms with Crippen LogP contribution in [0.3, 0.4) is 0 Å². The number of nitro groups is 1. The van der Waals surface area contributed by atoms with Gasteiger partial charge in [0.05, 0.1) is 23.1 Å². The number of rotatable bonds is 3. The standard InChI is InChI=1S/C18H20N2O6/c1-5-13-10-15(11-19(13)17(22)26-18(2,3)4)25-16(21)12-6-8-14(9-7-12)20(23)24/h1,6-9,13,15H,10-11H2,2-4H3. The highest BCUT2D eigenvalue weighted by molar-refractivity contribution is 5.89. The van der Waals surface area contributed by atoms with Crippen LogP contribution in [0.5, 0.6) is 0 Å². The fourth-order valence-electron chi connectivity index (χ4n) is 2.50. The van der Waals surface area contributed by atoms with E-state index < -0.39 is 34.7 Å². The van der Waals surface area contributed by atoms with Crippen LogP contribution in [0.25, 0.3) is 0 Å². The van der Waals surface area contributed by atoms with E-state index in [4.69, 9.17) is 15.9 Å². The highest BCUT2D eigenvalue weighted by Crippen LogP contribution is 2.24. The third kappa shape index (κ3) is 4.72. The maximum absolute atomic E-state index is 12.2. The topological polar surface area (TPSA) is 99.0 Å². The van der Waals surface area contributed by atoms with Crippen LogP contribution in [0.2, 0.25) is 0 Å². The van der Waals surface area contributed by atoms with Crippen molar-refractivity contribution in [2.75, 3.05) is 6.54 Å². The average molecular weight is 360 g/mol. The summed E-state index contributed by atoms with van der Waals surface area (Å²) in [5.41, 5.74) is -0.599. The fraction of sp³-hybridized carbons (Fsp3) is 0.444. The quantitative estimate of drug-likeness (QED) is 0.356. The van der Waals surface area contributed by atoms with Gasteiger partial charge in [-0.1, -0.05) is 5.92 Å². The molecule has 1 fully saturated rings. The number of terminal acetylenes is 1. The maximum atomic E-state index is 12.2. The molecule has 1 aromatic carbocycles. The molecule has 1 aromatic rings. The van der Waals surface area contributed by atoms with Gasteiger partial charge in [0, 0.05) is 18.6 Å². The second-order valence-electron chi connectivity index (χ2n) is 6.88. The first-order valence-corrected chi connectivity index (χ1v) is 8.02. The molecule has 8 nitrogen and oxygen atoms in total. The average Bonchev–Trinajstić information content (AvgIpc) is 2.96. The second kappa shape index (κ2) is 7.44. The Morgan fingerprint density at radius 1 is 1.31 bits per heavy atom. The largest absolute Gasteiger partial charge is 0.457 e. The summed E-state index contributed by atoms with van der Waals surface area (Å²) in [5.74, 6) is 1.87. The van der Waals surface area contributed by atoms with E-state index in [2.05, 4.69) is 5.92 Å². The molecule has 0 bridgehead atoms. The van der Waals surface area contributed by atoms with Gasteiger partial charge in [0.1, 0.15) is 11.7 Å². The van der Waals surface area contributed by atoms with Gasteiger partial charge in [-0.15, -0.1) is 6.42 Å². The maximum Gasteiger partial charge on any atom is 0.411 e. The molecule has 2 rings (SSSR count). The minimum Gasteiger partial charge on any atom is -0.457 e. The Labute approximate surface area is 151 Å². The van der Waals surface area contributed by atoms with Crippen molar-refractivity contribution in [2.45, 2.75) is 44.9 Å². The lowest BCUT2D eigenvalue weighted by molar-refractivity contribution is -0.384. The first kappa shape index (κ1) is 19.2. The van der Waals surface area contributed by atoms with Gasteiger partial charge in [-0.25, -0.2) is 9.59 Å². The molecule has 1 amide bonds. The second-order valence-corrected chi connectivity index (χ2v) is 6.88. The molecule has 2 unspecified atom stereocenters. The number of nitrogens with zero attached hydrogens (tertiary/aromatic N) is 2. The molecule has 138 valence electrons. The number of likely N-dealkylation sites (tertiary alicyclic amines) is 1. The summed E-state index contributed by atoms with van der Waals surface area (Å²) in [7, 11) is 0. The fourth-order valence-corrected chi connectivity index (χ4v) is 2.50. The third-order valence-electron chi connectivity index (χ3n) is 3.67. The van der Waals surface area contributed by atoms with Gasteiger partial charge in [0.25, 0.3) is 5.69 Å². The molecule has 1 heterocycles. The van der Waals surface area contributed by atoms with E-state index >= 15 is 0 Å². The number of carbonyl (C=O) groups is 2. The summed E-state index contributed by atoms with van der Waals surface area (Å²) < 4.78 is 10.7. The van der Waals surface area contributed by atoms with E-state index in [1.54, 1.807) is 20.8 Å². The number of hydrogen-bond donors (Lipinski definition) is 0. The van der Waals surface area contributed by atoms with Gasteiger partial charge in [0.15, 0.2) is 0 Å². The van der Waals surface area contributed by atoms with Crippen molar-refractivity contribution >= 4 is 17.7 Å². The highest BCUT2D eigenvalue weighted by atomic mass is 16.6. The van der Waals surface area contributed by atoms with Crippen molar-refractivity contribution in [1.29, 1.82) is 0 Å². The lowest BCUT2D eigenvalue weighted by Crippen LogP contribution is -2.39. The minimum absolute atomic E-state index is 0.120. The number of esters is 1. The van der Waals surface area contributed by atoms with Crippen molar-refractivity contribution in [3.05, 3.63) is 39.9 Å². The van der Waals surface area contributed by atoms with Crippen LogP contribution < -0.4 is 0 Å². The zero-order valence-corrected chi connectivity index (χ0v) is 14.8. The Hall–Kier alpha value is -3.08. The number of amides is 1. The molecule has 1 aliphatic heterocycles. The van der Waals surface area contributed by atoms with Gasteiger partial charge < -0.3 is 9.47 Å². The van der Waals surface area contributed by atoms with Gasteiger partial charge in [0.2, 0.25) is 0 Å². The summed E-state index contributed by atoms with van der Waals surface area (Å²) in [6, 6.07) is 4.56. The van der Waals surface area contributed by atoms with E-state index in [0.717, 1.165) is 0 Å². The Morgan fingerprint density at radius 3 is 2.42 bits per heavy atom. The summed E-state index contributed by atoms with van der Waals surface area (Å²) in [4.78, 5) is 35.9. The van der Waals surface area contributed by atoms with Gasteiger partial charge in [-0.2, -0.15) is 0 Å². The Kier molecular flexibility index (Phi) is 5.50. The molecular formula is C18H20N2O6. The van der Waals surface area contributed by atoms with E-state index in [0.29, 0.717) is 6.42 Å². The molecule has 0 aliphatic carbocycles. The van der Waals surface area contributed by atoms with Crippen LogP contribution in [0, 0.1) is 22.5 Å². The summed E-state index contributed by atoms with van der Waals surface area (Å²) >= 11 is 0. The third-order valence-corrected chi connectivity index (χ3v) is 3.67. The molecule has 0 N–H and O–H groups in total. The molecule has 26 heavy (non-hydrogen) atoms. The zero-order chi connectivity index (χ0) is 19.5. The van der Waals surface area contributed by atoms with Crippen LogP contribution in [0.15, 0.2) is 24.3 Å². The predicted molar refractivity (Wildman–Crippen MR) is 92.5 cm³/mol. The number of ether oxygens (including phenoxy) is 2. The van der Waals surface area contributed by atoms with E-state index in [1.807, 2.05) is 0 Å². The van der Waals surface area contributed by atoms with Crippen LogP contribution in [-0.4, -0.2) is 46.2 Å². The molecule has 0 spiro atoms. The van der Waals surface area contributed by atoms with Crippen molar-refractivity contribution in [1.82, 2.24) is 4.90 Å². The van der Waals surface area contributed by atoms with Crippen LogP contribution >= 0.6 is 0 Å². The minimum atomic E-state index is -0.663. The van der Waals surface area contributed by atoms with E-state index in [9.17, 15) is 19.7 Å². The molecule has 2 atom stereocenters. The smallest absolute Gasteiger partial charge is 0.411 e. The molecule has 8 heteroatoms. The number of benzene rings is 1. The SMILES string of the molecule is C#CC1CC(OC(=O)c2ccc([N+](=O)[O-])cc2)CN1C(=O)OC(C)(C)C. The van der Waals surface area contributed by atoms with E-state index in [1.165, 1.54) is 29.2 Å². The lowest BCUT2D eigenvalue weighted by atomic mass is 10.2. The van der Waals surface area contributed by atoms with Crippen molar-refractivity contribution < 1.29 is 24.0 Å². The van der Waals surface area contributed by atoms with Gasteiger partial charge in [-0.05, 0) is 32.9 Å². The normalized spacial score (nSPS) is 19.5. The molecule has 1 saturated heterocycles. The summed E-state index contributed by atoms with van der Waals surface area (Å²) in [6.45, 7) is 5.37. The van der Waals surface area contributed by atoms with Gasteiger partial charge >= 0.3 is 12.1 Å². The lowest BCUT2D eigenvalue weighted by Gasteiger charge is -2.26. The van der Waals surface area contributed by atoms with Crippen molar-refractivity contribution in [3.8, 4) is 12.3 Å². The zero-order valence-electron chi connectivity index (χ0n) is 14.8. The van der Waals surface area contributed by atoms with Gasteiger partial charge in [-0.3, -0.25) is 15.0 Å². The molecule has 0 radical (unpaired) electrons. The molecule has 1 aliphatic rings. The Morgan fingerprint density at radius 2 is 1.92 bits per heavy atom. The van der Waals surface area contributed by atoms with Crippen molar-refractivity contribution in [2.24, 2.45) is 0 Å². The highest BCUT2D eigenvalue weighted by Gasteiger charge is 2.38. The first-order valence-electron chi connectivity index (χ1n) is 8.02. The summed E-state index contributed by atoms with van der Waals surface area (Å²) in [6.07, 6.45) is 4.63. The Balaban J connectivity index is 2.02. The monoisotopic (exact) mass is 360 g/mol. The molecular weight excluding hydrogens is 340 g/mol. The first-order chi connectivity index (χ1) is 12.1. The van der Waals surface area contributed by atoms with Crippen molar-refractivity contribution in [3.63, 3.8) is 0 Å². The summed E-state index contributed by atoms with van der Waals surface area (Å²) in [5, 5.41) is 10.7. The number of hydrogen-bond acceptors (Lipinski definition) is 6. The molecule has 0 aromatic heterocycles. The van der Waals surface area contributed by atoms with E-state index in [-0.39, 0.29) is 17.8 Å². The number of non-ortho nitro benzene ring substituents is 1. The Bertz CT molecular complexity index is 744. The van der Waals surface area contributed by atoms with Crippen LogP contribution in [-0.2, 0) is 9.47 Å². The number of nitro benzene ring substituents is 1.